The highest BCUT2D eigenvalue weighted by atomic mass is 19.4. The van der Waals surface area contributed by atoms with Crippen molar-refractivity contribution in [3.63, 3.8) is 0 Å². The first-order valence-electron chi connectivity index (χ1n) is 8.13. The smallest absolute Gasteiger partial charge is 0.392 e. The first kappa shape index (κ1) is 19.4. The lowest BCUT2D eigenvalue weighted by atomic mass is 9.90. The van der Waals surface area contributed by atoms with Crippen LogP contribution >= 0.6 is 0 Å². The Bertz CT molecular complexity index is 632. The van der Waals surface area contributed by atoms with Gasteiger partial charge in [-0.1, -0.05) is 24.3 Å². The number of rotatable bonds is 2. The molecule has 0 saturated carbocycles. The minimum atomic E-state index is -4.30. The van der Waals surface area contributed by atoms with Crippen LogP contribution in [0.3, 0.4) is 0 Å². The van der Waals surface area contributed by atoms with Crippen molar-refractivity contribution in [1.29, 1.82) is 0 Å². The molecule has 2 aromatic carbocycles. The van der Waals surface area contributed by atoms with Gasteiger partial charge in [-0.3, -0.25) is 0 Å². The van der Waals surface area contributed by atoms with Gasteiger partial charge in [0.1, 0.15) is 5.82 Å². The molecule has 2 N–H and O–H groups in total. The summed E-state index contributed by atoms with van der Waals surface area (Å²) in [6, 6.07) is 11.3. The van der Waals surface area contributed by atoms with Gasteiger partial charge in [-0.25, -0.2) is 4.39 Å². The standard InChI is InChI=1S/C11H14FN.C8H7F3O/c12-11-3-1-9(2-4-11)10-5-7-13-8-6-10;9-8(10,11)7-3-1-6(5-12)2-4-7/h1-4,10,13H,5-8H2;1-4,12H,5H2. The second-order valence-electron chi connectivity index (χ2n) is 5.93. The molecule has 136 valence electrons. The zero-order valence-corrected chi connectivity index (χ0v) is 13.7. The average molecular weight is 355 g/mol. The fourth-order valence-electron chi connectivity index (χ4n) is 2.69. The van der Waals surface area contributed by atoms with Gasteiger partial charge in [-0.15, -0.1) is 0 Å². The summed E-state index contributed by atoms with van der Waals surface area (Å²) in [6.45, 7) is 1.93. The van der Waals surface area contributed by atoms with Crippen molar-refractivity contribution in [2.24, 2.45) is 0 Å². The molecular weight excluding hydrogens is 334 g/mol. The fraction of sp³-hybridized carbons (Fsp3) is 0.368. The Kier molecular flexibility index (Phi) is 6.96. The molecule has 2 nitrogen and oxygen atoms in total. The number of alkyl halides is 3. The number of halogens is 4. The van der Waals surface area contributed by atoms with Gasteiger partial charge in [0.05, 0.1) is 12.2 Å². The minimum Gasteiger partial charge on any atom is -0.392 e. The van der Waals surface area contributed by atoms with Gasteiger partial charge < -0.3 is 10.4 Å². The van der Waals surface area contributed by atoms with E-state index >= 15 is 0 Å². The fourth-order valence-corrected chi connectivity index (χ4v) is 2.69. The highest BCUT2D eigenvalue weighted by Crippen LogP contribution is 2.29. The summed E-state index contributed by atoms with van der Waals surface area (Å²) in [5, 5.41) is 11.9. The Labute approximate surface area is 144 Å². The lowest BCUT2D eigenvalue weighted by molar-refractivity contribution is -0.137. The van der Waals surface area contributed by atoms with Crippen LogP contribution < -0.4 is 5.32 Å². The minimum absolute atomic E-state index is 0.141. The number of benzene rings is 2. The summed E-state index contributed by atoms with van der Waals surface area (Å²) in [4.78, 5) is 0. The van der Waals surface area contributed by atoms with E-state index in [9.17, 15) is 17.6 Å². The number of nitrogens with one attached hydrogen (secondary N) is 1. The predicted molar refractivity (Wildman–Crippen MR) is 88.6 cm³/mol. The Morgan fingerprint density at radius 1 is 0.920 bits per heavy atom. The zero-order chi connectivity index (χ0) is 18.3. The van der Waals surface area contributed by atoms with Crippen molar-refractivity contribution < 1.29 is 22.7 Å². The second kappa shape index (κ2) is 8.97. The van der Waals surface area contributed by atoms with E-state index in [0.29, 0.717) is 11.5 Å². The molecule has 1 heterocycles. The van der Waals surface area contributed by atoms with Gasteiger partial charge in [0, 0.05) is 0 Å². The largest absolute Gasteiger partial charge is 0.416 e. The third-order valence-electron chi connectivity index (χ3n) is 4.14. The average Bonchev–Trinajstić information content (AvgIpc) is 2.63. The number of hydrogen-bond donors (Lipinski definition) is 2. The molecule has 0 atom stereocenters. The summed E-state index contributed by atoms with van der Waals surface area (Å²) in [7, 11) is 0. The number of aliphatic hydroxyl groups excluding tert-OH is 1. The second-order valence-corrected chi connectivity index (χ2v) is 5.93. The van der Waals surface area contributed by atoms with E-state index in [0.717, 1.165) is 25.2 Å². The van der Waals surface area contributed by atoms with Crippen molar-refractivity contribution in [2.75, 3.05) is 13.1 Å². The molecule has 0 unspecified atom stereocenters. The molecule has 1 aliphatic rings. The quantitative estimate of drug-likeness (QED) is 0.778. The SMILES string of the molecule is Fc1ccc(C2CCNCC2)cc1.OCc1ccc(C(F)(F)F)cc1. The summed E-state index contributed by atoms with van der Waals surface area (Å²) in [5.41, 5.74) is 1.06. The van der Waals surface area contributed by atoms with Crippen LogP contribution in [0.4, 0.5) is 17.6 Å². The van der Waals surface area contributed by atoms with Gasteiger partial charge in [-0.2, -0.15) is 13.2 Å². The summed E-state index contributed by atoms with van der Waals surface area (Å²) in [6.07, 6.45) is -1.95. The van der Waals surface area contributed by atoms with Crippen LogP contribution in [-0.4, -0.2) is 18.2 Å². The molecule has 1 fully saturated rings. The molecule has 0 radical (unpaired) electrons. The van der Waals surface area contributed by atoms with E-state index < -0.39 is 11.7 Å². The lowest BCUT2D eigenvalue weighted by Gasteiger charge is -2.22. The first-order valence-corrected chi connectivity index (χ1v) is 8.13. The van der Waals surface area contributed by atoms with Crippen LogP contribution in [0, 0.1) is 5.82 Å². The molecule has 1 aliphatic heterocycles. The molecule has 1 saturated heterocycles. The summed E-state index contributed by atoms with van der Waals surface area (Å²) in [5.74, 6) is 0.486. The Morgan fingerprint density at radius 2 is 1.48 bits per heavy atom. The van der Waals surface area contributed by atoms with E-state index in [-0.39, 0.29) is 12.4 Å². The van der Waals surface area contributed by atoms with Gasteiger partial charge >= 0.3 is 6.18 Å². The summed E-state index contributed by atoms with van der Waals surface area (Å²) < 4.78 is 48.5. The molecule has 3 rings (SSSR count). The summed E-state index contributed by atoms with van der Waals surface area (Å²) >= 11 is 0. The van der Waals surface area contributed by atoms with Crippen molar-refractivity contribution in [3.05, 3.63) is 71.0 Å². The monoisotopic (exact) mass is 355 g/mol. The van der Waals surface area contributed by atoms with E-state index in [4.69, 9.17) is 5.11 Å². The molecule has 0 aromatic heterocycles. The van der Waals surface area contributed by atoms with E-state index in [2.05, 4.69) is 5.32 Å². The molecule has 0 spiro atoms. The number of aliphatic hydroxyl groups is 1. The topological polar surface area (TPSA) is 32.3 Å². The molecule has 0 amide bonds. The Hall–Kier alpha value is -1.92. The third kappa shape index (κ3) is 6.14. The molecule has 0 aliphatic carbocycles. The van der Waals surface area contributed by atoms with Crippen molar-refractivity contribution >= 4 is 0 Å². The normalized spacial score (nSPS) is 15.4. The maximum Gasteiger partial charge on any atom is 0.416 e. The van der Waals surface area contributed by atoms with Crippen LogP contribution in [0.5, 0.6) is 0 Å². The maximum absolute atomic E-state index is 12.6. The van der Waals surface area contributed by atoms with Crippen molar-refractivity contribution in [1.82, 2.24) is 5.32 Å². The maximum atomic E-state index is 12.6. The predicted octanol–water partition coefficient (Wildman–Crippen LogP) is 4.49. The van der Waals surface area contributed by atoms with Crippen molar-refractivity contribution in [3.8, 4) is 0 Å². The van der Waals surface area contributed by atoms with E-state index in [1.807, 2.05) is 12.1 Å². The third-order valence-corrected chi connectivity index (χ3v) is 4.14. The number of piperidine rings is 1. The zero-order valence-electron chi connectivity index (χ0n) is 13.7. The van der Waals surface area contributed by atoms with Crippen LogP contribution in [-0.2, 0) is 12.8 Å². The first-order chi connectivity index (χ1) is 11.9. The van der Waals surface area contributed by atoms with Crippen LogP contribution in [0.1, 0.15) is 35.4 Å². The van der Waals surface area contributed by atoms with Crippen LogP contribution in [0.15, 0.2) is 48.5 Å². The highest BCUT2D eigenvalue weighted by molar-refractivity contribution is 5.24. The van der Waals surface area contributed by atoms with Crippen LogP contribution in [0.25, 0.3) is 0 Å². The molecular formula is C19H21F4NO. The van der Waals surface area contributed by atoms with Gasteiger partial charge in [-0.05, 0) is 67.2 Å². The number of hydrogen-bond acceptors (Lipinski definition) is 2. The van der Waals surface area contributed by atoms with Crippen LogP contribution in [0.2, 0.25) is 0 Å². The van der Waals surface area contributed by atoms with Gasteiger partial charge in [0.25, 0.3) is 0 Å². The van der Waals surface area contributed by atoms with E-state index in [1.54, 1.807) is 12.1 Å². The Balaban J connectivity index is 0.000000181. The highest BCUT2D eigenvalue weighted by Gasteiger charge is 2.29. The molecule has 25 heavy (non-hydrogen) atoms. The lowest BCUT2D eigenvalue weighted by Crippen LogP contribution is -2.26. The molecule has 0 bridgehead atoms. The molecule has 6 heteroatoms. The van der Waals surface area contributed by atoms with E-state index in [1.165, 1.54) is 30.5 Å². The van der Waals surface area contributed by atoms with Gasteiger partial charge in [0.2, 0.25) is 0 Å². The van der Waals surface area contributed by atoms with Gasteiger partial charge in [0.15, 0.2) is 0 Å². The van der Waals surface area contributed by atoms with Crippen molar-refractivity contribution in [2.45, 2.75) is 31.5 Å². The Morgan fingerprint density at radius 3 is 1.96 bits per heavy atom. The molecule has 2 aromatic rings.